The number of hydrogen-bond acceptors (Lipinski definition) is 7. The van der Waals surface area contributed by atoms with E-state index in [4.69, 9.17) is 9.26 Å². The van der Waals surface area contributed by atoms with Crippen LogP contribution in [0, 0.1) is 5.92 Å². The Morgan fingerprint density at radius 2 is 1.92 bits per heavy atom. The van der Waals surface area contributed by atoms with E-state index in [-0.39, 0.29) is 11.8 Å². The molecule has 1 aliphatic rings. The minimum absolute atomic E-state index is 0.185. The van der Waals surface area contributed by atoms with Gasteiger partial charge in [-0.2, -0.15) is 4.98 Å². The van der Waals surface area contributed by atoms with Crippen LogP contribution in [0.25, 0.3) is 11.5 Å². The molecule has 1 saturated carbocycles. The molecule has 1 N–H and O–H groups in total. The molecule has 2 aromatic rings. The molecule has 0 aromatic carbocycles. The molecule has 2 aromatic heterocycles. The zero-order chi connectivity index (χ0) is 16.8. The first-order chi connectivity index (χ1) is 11.8. The maximum Gasteiger partial charge on any atom is 0.256 e. The number of rotatable bonds is 5. The van der Waals surface area contributed by atoms with E-state index in [1.54, 1.807) is 6.20 Å². The lowest BCUT2D eigenvalue weighted by Crippen LogP contribution is -2.14. The molecule has 0 amide bonds. The van der Waals surface area contributed by atoms with Gasteiger partial charge in [0.15, 0.2) is 0 Å². The minimum atomic E-state index is -0.708. The van der Waals surface area contributed by atoms with Gasteiger partial charge in [-0.1, -0.05) is 37.3 Å². The smallest absolute Gasteiger partial charge is 0.256 e. The molecule has 0 spiro atoms. The topological polar surface area (TPSA) is 94.2 Å². The standard InChI is InChI=1S/C17H24N4O3/c1-2-23-14-11-18-13(10-19-14)16-20-17(24-21-16)15(22)12-8-6-4-3-5-7-9-12/h10-12,15,22H,2-9H2,1H3. The molecule has 1 fully saturated rings. The van der Waals surface area contributed by atoms with Crippen LogP contribution in [0.15, 0.2) is 16.9 Å². The van der Waals surface area contributed by atoms with Crippen molar-refractivity contribution in [1.29, 1.82) is 0 Å². The van der Waals surface area contributed by atoms with Crippen molar-refractivity contribution in [1.82, 2.24) is 20.1 Å². The summed E-state index contributed by atoms with van der Waals surface area (Å²) in [6.45, 7) is 2.42. The summed E-state index contributed by atoms with van der Waals surface area (Å²) in [7, 11) is 0. The quantitative estimate of drug-likeness (QED) is 0.897. The van der Waals surface area contributed by atoms with Crippen molar-refractivity contribution in [2.75, 3.05) is 6.61 Å². The van der Waals surface area contributed by atoms with E-state index in [0.717, 1.165) is 25.7 Å². The van der Waals surface area contributed by atoms with Crippen LogP contribution in [0.1, 0.15) is 63.9 Å². The number of hydrogen-bond donors (Lipinski definition) is 1. The summed E-state index contributed by atoms with van der Waals surface area (Å²) in [6.07, 6.45) is 10.4. The van der Waals surface area contributed by atoms with Crippen molar-refractivity contribution in [3.05, 3.63) is 18.3 Å². The van der Waals surface area contributed by atoms with Crippen LogP contribution in [-0.2, 0) is 0 Å². The Kier molecular flexibility index (Phi) is 5.74. The van der Waals surface area contributed by atoms with E-state index in [9.17, 15) is 5.11 Å². The molecule has 130 valence electrons. The Bertz CT molecular complexity index is 621. The maximum atomic E-state index is 10.6. The van der Waals surface area contributed by atoms with Gasteiger partial charge in [0.2, 0.25) is 11.7 Å². The fraction of sp³-hybridized carbons (Fsp3) is 0.647. The third-order valence-corrected chi connectivity index (χ3v) is 4.44. The van der Waals surface area contributed by atoms with Crippen molar-refractivity contribution >= 4 is 0 Å². The fourth-order valence-corrected chi connectivity index (χ4v) is 3.12. The largest absolute Gasteiger partial charge is 0.477 e. The third kappa shape index (κ3) is 4.08. The lowest BCUT2D eigenvalue weighted by molar-refractivity contribution is 0.0605. The SMILES string of the molecule is CCOc1cnc(-c2noc(C(O)C3CCCCCCC3)n2)cn1. The van der Waals surface area contributed by atoms with Crippen LogP contribution in [0.2, 0.25) is 0 Å². The maximum absolute atomic E-state index is 10.6. The van der Waals surface area contributed by atoms with Crippen LogP contribution >= 0.6 is 0 Å². The molecule has 0 saturated heterocycles. The van der Waals surface area contributed by atoms with Gasteiger partial charge >= 0.3 is 0 Å². The van der Waals surface area contributed by atoms with E-state index in [1.807, 2.05) is 6.92 Å². The fourth-order valence-electron chi connectivity index (χ4n) is 3.12. The lowest BCUT2D eigenvalue weighted by atomic mass is 9.87. The highest BCUT2D eigenvalue weighted by Gasteiger charge is 2.27. The molecule has 1 aliphatic carbocycles. The Balaban J connectivity index is 1.69. The molecule has 1 atom stereocenters. The number of aliphatic hydroxyl groups is 1. The predicted molar refractivity (Wildman–Crippen MR) is 87.3 cm³/mol. The highest BCUT2D eigenvalue weighted by Crippen LogP contribution is 2.32. The first-order valence-electron chi connectivity index (χ1n) is 8.75. The van der Waals surface area contributed by atoms with Crippen LogP contribution in [-0.4, -0.2) is 31.8 Å². The average molecular weight is 332 g/mol. The van der Waals surface area contributed by atoms with Crippen molar-refractivity contribution in [2.45, 2.75) is 58.0 Å². The monoisotopic (exact) mass is 332 g/mol. The summed E-state index contributed by atoms with van der Waals surface area (Å²) < 4.78 is 10.5. The van der Waals surface area contributed by atoms with Gasteiger partial charge in [0.05, 0.1) is 19.0 Å². The summed E-state index contributed by atoms with van der Waals surface area (Å²) in [6, 6.07) is 0. The van der Waals surface area contributed by atoms with E-state index in [0.29, 0.717) is 24.0 Å². The number of aromatic nitrogens is 4. The van der Waals surface area contributed by atoms with E-state index in [2.05, 4.69) is 20.1 Å². The summed E-state index contributed by atoms with van der Waals surface area (Å²) in [5.41, 5.74) is 0.498. The van der Waals surface area contributed by atoms with Crippen LogP contribution in [0.5, 0.6) is 5.88 Å². The normalized spacial score (nSPS) is 17.9. The summed E-state index contributed by atoms with van der Waals surface area (Å²) in [5, 5.41) is 14.5. The molecule has 7 heteroatoms. The minimum Gasteiger partial charge on any atom is -0.477 e. The Morgan fingerprint density at radius 1 is 1.17 bits per heavy atom. The van der Waals surface area contributed by atoms with E-state index >= 15 is 0 Å². The Labute approximate surface area is 141 Å². The highest BCUT2D eigenvalue weighted by molar-refractivity contribution is 5.46. The molecule has 0 aliphatic heterocycles. The van der Waals surface area contributed by atoms with Gasteiger partial charge in [0.1, 0.15) is 11.8 Å². The van der Waals surface area contributed by atoms with E-state index in [1.165, 1.54) is 25.5 Å². The third-order valence-electron chi connectivity index (χ3n) is 4.44. The molecule has 2 heterocycles. The first kappa shape index (κ1) is 16.8. The van der Waals surface area contributed by atoms with Gasteiger partial charge in [-0.15, -0.1) is 0 Å². The van der Waals surface area contributed by atoms with Crippen LogP contribution < -0.4 is 4.74 Å². The molecule has 1 unspecified atom stereocenters. The van der Waals surface area contributed by atoms with Gasteiger partial charge < -0.3 is 14.4 Å². The summed E-state index contributed by atoms with van der Waals surface area (Å²) >= 11 is 0. The zero-order valence-electron chi connectivity index (χ0n) is 14.0. The molecule has 3 rings (SSSR count). The predicted octanol–water partition coefficient (Wildman–Crippen LogP) is 3.32. The van der Waals surface area contributed by atoms with Crippen molar-refractivity contribution in [2.24, 2.45) is 5.92 Å². The van der Waals surface area contributed by atoms with Crippen molar-refractivity contribution < 1.29 is 14.4 Å². The van der Waals surface area contributed by atoms with Gasteiger partial charge in [0.25, 0.3) is 5.89 Å². The number of aliphatic hydroxyl groups excluding tert-OH is 1. The van der Waals surface area contributed by atoms with Crippen LogP contribution in [0.4, 0.5) is 0 Å². The van der Waals surface area contributed by atoms with Crippen LogP contribution in [0.3, 0.4) is 0 Å². The Morgan fingerprint density at radius 3 is 2.58 bits per heavy atom. The second-order valence-electron chi connectivity index (χ2n) is 6.18. The summed E-state index contributed by atoms with van der Waals surface area (Å²) in [4.78, 5) is 12.7. The molecular formula is C17H24N4O3. The van der Waals surface area contributed by atoms with Gasteiger partial charge in [-0.25, -0.2) is 9.97 Å². The van der Waals surface area contributed by atoms with Gasteiger partial charge in [0, 0.05) is 0 Å². The summed E-state index contributed by atoms with van der Waals surface area (Å²) in [5.74, 6) is 1.25. The Hall–Kier alpha value is -2.02. The lowest BCUT2D eigenvalue weighted by Gasteiger charge is -2.22. The molecule has 0 radical (unpaired) electrons. The molecule has 7 nitrogen and oxygen atoms in total. The van der Waals surface area contributed by atoms with Crippen molar-refractivity contribution in [3.63, 3.8) is 0 Å². The zero-order valence-corrected chi connectivity index (χ0v) is 14.0. The van der Waals surface area contributed by atoms with E-state index < -0.39 is 6.10 Å². The first-order valence-corrected chi connectivity index (χ1v) is 8.75. The second-order valence-corrected chi connectivity index (χ2v) is 6.18. The number of nitrogens with zero attached hydrogens (tertiary/aromatic N) is 4. The molecule has 0 bridgehead atoms. The molecular weight excluding hydrogens is 308 g/mol. The van der Waals surface area contributed by atoms with Gasteiger partial charge in [-0.3, -0.25) is 0 Å². The molecule has 24 heavy (non-hydrogen) atoms. The highest BCUT2D eigenvalue weighted by atomic mass is 16.5. The number of ether oxygens (including phenoxy) is 1. The van der Waals surface area contributed by atoms with Gasteiger partial charge in [-0.05, 0) is 25.7 Å². The van der Waals surface area contributed by atoms with Crippen molar-refractivity contribution in [3.8, 4) is 17.4 Å². The average Bonchev–Trinajstić information content (AvgIpc) is 3.05. The second kappa shape index (κ2) is 8.19.